The van der Waals surface area contributed by atoms with Crippen molar-refractivity contribution in [2.75, 3.05) is 0 Å². The van der Waals surface area contributed by atoms with Crippen molar-refractivity contribution in [2.24, 2.45) is 0 Å². The van der Waals surface area contributed by atoms with Crippen LogP contribution in [0.3, 0.4) is 0 Å². The molecule has 29 heavy (non-hydrogen) atoms. The fraction of sp³-hybridized carbons (Fsp3) is 0.429. The van der Waals surface area contributed by atoms with E-state index < -0.39 is 6.10 Å². The van der Waals surface area contributed by atoms with Crippen molar-refractivity contribution in [2.45, 2.75) is 58.7 Å². The molecule has 0 aliphatic carbocycles. The van der Waals surface area contributed by atoms with Crippen LogP contribution in [0.15, 0.2) is 43.2 Å². The average Bonchev–Trinajstić information content (AvgIpc) is 3.47. The summed E-state index contributed by atoms with van der Waals surface area (Å²) in [7, 11) is 0. The highest BCUT2D eigenvalue weighted by Crippen LogP contribution is 2.28. The minimum Gasteiger partial charge on any atom is -0.391 e. The molecule has 0 spiro atoms. The zero-order chi connectivity index (χ0) is 20.5. The number of fused-ring (bicyclic) bond motifs is 1. The summed E-state index contributed by atoms with van der Waals surface area (Å²) in [6, 6.07) is 2.22. The molecule has 0 fully saturated rings. The maximum absolute atomic E-state index is 9.85. The predicted octanol–water partition coefficient (Wildman–Crippen LogP) is 3.76. The Hall–Kier alpha value is -3.00. The van der Waals surface area contributed by atoms with Gasteiger partial charge in [0.05, 0.1) is 59.9 Å². The summed E-state index contributed by atoms with van der Waals surface area (Å²) < 4.78 is 5.63. The lowest BCUT2D eigenvalue weighted by atomic mass is 10.1. The van der Waals surface area contributed by atoms with E-state index in [9.17, 15) is 5.11 Å². The van der Waals surface area contributed by atoms with Gasteiger partial charge in [-0.3, -0.25) is 9.36 Å². The van der Waals surface area contributed by atoms with E-state index in [0.717, 1.165) is 40.9 Å². The number of aliphatic hydroxyl groups is 1. The summed E-state index contributed by atoms with van der Waals surface area (Å²) in [5.41, 5.74) is 4.39. The standard InChI is InChI=1S/C21H27N7O/c1-5-18(6-2)27-12-17(10-24-27)21-20-7-8-22-28(20)13-19(25-21)16-9-23-26(11-16)14(3)15(4)29/h7-15,18,29H,5-6H2,1-4H3/t14-,15+/m1/s1. The van der Waals surface area contributed by atoms with Crippen LogP contribution in [0.2, 0.25) is 0 Å². The second-order valence-corrected chi connectivity index (χ2v) is 7.51. The summed E-state index contributed by atoms with van der Waals surface area (Å²) in [6.45, 7) is 8.05. The molecule has 8 nitrogen and oxygen atoms in total. The molecular formula is C21H27N7O. The molecule has 8 heteroatoms. The van der Waals surface area contributed by atoms with Crippen molar-refractivity contribution in [3.05, 3.63) is 43.2 Å². The highest BCUT2D eigenvalue weighted by molar-refractivity contribution is 5.78. The van der Waals surface area contributed by atoms with Crippen molar-refractivity contribution in [3.63, 3.8) is 0 Å². The summed E-state index contributed by atoms with van der Waals surface area (Å²) in [4.78, 5) is 4.93. The smallest absolute Gasteiger partial charge is 0.0999 e. The Bertz CT molecular complexity index is 1100. The van der Waals surface area contributed by atoms with Crippen LogP contribution in [0.25, 0.3) is 28.0 Å². The second kappa shape index (κ2) is 7.79. The molecule has 0 aromatic carbocycles. The van der Waals surface area contributed by atoms with E-state index in [0.29, 0.717) is 6.04 Å². The van der Waals surface area contributed by atoms with E-state index in [4.69, 9.17) is 4.98 Å². The van der Waals surface area contributed by atoms with E-state index in [-0.39, 0.29) is 6.04 Å². The molecule has 0 saturated carbocycles. The van der Waals surface area contributed by atoms with Crippen LogP contribution in [0, 0.1) is 0 Å². The molecule has 0 aliphatic heterocycles. The SMILES string of the molecule is CCC(CC)n1cc(-c2nc(-c3cnn([C@H](C)[C@H](C)O)c3)cn3nccc23)cn1. The van der Waals surface area contributed by atoms with Gasteiger partial charge >= 0.3 is 0 Å². The first-order valence-electron chi connectivity index (χ1n) is 10.1. The molecule has 4 aromatic rings. The molecule has 0 radical (unpaired) electrons. The lowest BCUT2D eigenvalue weighted by Crippen LogP contribution is -2.18. The molecule has 2 atom stereocenters. The minimum absolute atomic E-state index is 0.116. The first kappa shape index (κ1) is 19.3. The van der Waals surface area contributed by atoms with Gasteiger partial charge in [-0.15, -0.1) is 0 Å². The average molecular weight is 393 g/mol. The van der Waals surface area contributed by atoms with Crippen LogP contribution >= 0.6 is 0 Å². The van der Waals surface area contributed by atoms with Crippen LogP contribution in [-0.4, -0.2) is 45.4 Å². The summed E-state index contributed by atoms with van der Waals surface area (Å²) in [6.07, 6.45) is 12.9. The maximum atomic E-state index is 9.85. The van der Waals surface area contributed by atoms with Gasteiger partial charge in [0.25, 0.3) is 0 Å². The molecule has 0 aliphatic rings. The van der Waals surface area contributed by atoms with Crippen LogP contribution in [0.1, 0.15) is 52.6 Å². The molecule has 152 valence electrons. The number of aromatic nitrogens is 7. The summed E-state index contributed by atoms with van der Waals surface area (Å²) in [5.74, 6) is 0. The quantitative estimate of drug-likeness (QED) is 0.517. The van der Waals surface area contributed by atoms with Crippen molar-refractivity contribution < 1.29 is 5.11 Å². The Labute approximate surface area is 169 Å². The van der Waals surface area contributed by atoms with Crippen LogP contribution in [0.4, 0.5) is 0 Å². The van der Waals surface area contributed by atoms with Crippen molar-refractivity contribution >= 4 is 5.52 Å². The third kappa shape index (κ3) is 3.55. The van der Waals surface area contributed by atoms with Gasteiger partial charge in [-0.2, -0.15) is 15.3 Å². The number of rotatable bonds is 7. The molecule has 0 bridgehead atoms. The number of nitrogens with zero attached hydrogens (tertiary/aromatic N) is 7. The Balaban J connectivity index is 1.78. The summed E-state index contributed by atoms with van der Waals surface area (Å²) >= 11 is 0. The first-order chi connectivity index (χ1) is 14.0. The molecule has 1 N–H and O–H groups in total. The van der Waals surface area contributed by atoms with Gasteiger partial charge in [0.1, 0.15) is 0 Å². The van der Waals surface area contributed by atoms with E-state index in [1.807, 2.05) is 40.8 Å². The molecule has 0 unspecified atom stereocenters. The third-order valence-corrected chi connectivity index (χ3v) is 5.59. The normalized spacial score (nSPS) is 14.0. The summed E-state index contributed by atoms with van der Waals surface area (Å²) in [5, 5.41) is 23.2. The zero-order valence-corrected chi connectivity index (χ0v) is 17.3. The van der Waals surface area contributed by atoms with Crippen LogP contribution < -0.4 is 0 Å². The Kier molecular flexibility index (Phi) is 5.19. The van der Waals surface area contributed by atoms with Gasteiger partial charge in [-0.1, -0.05) is 13.8 Å². The molecule has 0 saturated heterocycles. The molecular weight excluding hydrogens is 366 g/mol. The van der Waals surface area contributed by atoms with E-state index in [1.54, 1.807) is 24.0 Å². The van der Waals surface area contributed by atoms with E-state index >= 15 is 0 Å². The van der Waals surface area contributed by atoms with Gasteiger partial charge < -0.3 is 5.11 Å². The molecule has 4 aromatic heterocycles. The van der Waals surface area contributed by atoms with Crippen LogP contribution in [-0.2, 0) is 0 Å². The van der Waals surface area contributed by atoms with Crippen molar-refractivity contribution in [3.8, 4) is 22.5 Å². The Morgan fingerprint density at radius 1 is 0.931 bits per heavy atom. The zero-order valence-electron chi connectivity index (χ0n) is 17.3. The minimum atomic E-state index is -0.490. The highest BCUT2D eigenvalue weighted by Gasteiger charge is 2.17. The number of aliphatic hydroxyl groups excluding tert-OH is 1. The highest BCUT2D eigenvalue weighted by atomic mass is 16.3. The van der Waals surface area contributed by atoms with E-state index in [1.165, 1.54) is 0 Å². The fourth-order valence-corrected chi connectivity index (χ4v) is 3.52. The molecule has 0 amide bonds. The van der Waals surface area contributed by atoms with Gasteiger partial charge in [-0.05, 0) is 32.8 Å². The monoisotopic (exact) mass is 393 g/mol. The van der Waals surface area contributed by atoms with Crippen molar-refractivity contribution in [1.82, 2.24) is 34.2 Å². The van der Waals surface area contributed by atoms with Gasteiger partial charge in [0.2, 0.25) is 0 Å². The molecule has 4 heterocycles. The van der Waals surface area contributed by atoms with Gasteiger partial charge in [0.15, 0.2) is 0 Å². The molecule has 4 rings (SSSR count). The largest absolute Gasteiger partial charge is 0.391 e. The predicted molar refractivity (Wildman–Crippen MR) is 111 cm³/mol. The first-order valence-corrected chi connectivity index (χ1v) is 10.1. The Morgan fingerprint density at radius 2 is 1.62 bits per heavy atom. The topological polar surface area (TPSA) is 86.1 Å². The second-order valence-electron chi connectivity index (χ2n) is 7.51. The maximum Gasteiger partial charge on any atom is 0.0999 e. The third-order valence-electron chi connectivity index (χ3n) is 5.59. The lowest BCUT2D eigenvalue weighted by Gasteiger charge is -2.14. The van der Waals surface area contributed by atoms with E-state index in [2.05, 4.69) is 35.3 Å². The number of hydrogen-bond donors (Lipinski definition) is 1. The van der Waals surface area contributed by atoms with Crippen molar-refractivity contribution in [1.29, 1.82) is 0 Å². The van der Waals surface area contributed by atoms with Gasteiger partial charge in [-0.25, -0.2) is 9.50 Å². The fourth-order valence-electron chi connectivity index (χ4n) is 3.52. The lowest BCUT2D eigenvalue weighted by molar-refractivity contribution is 0.132. The van der Waals surface area contributed by atoms with Crippen LogP contribution in [0.5, 0.6) is 0 Å². The number of hydrogen-bond acceptors (Lipinski definition) is 5. The Morgan fingerprint density at radius 3 is 2.34 bits per heavy atom. The van der Waals surface area contributed by atoms with Gasteiger partial charge in [0, 0.05) is 23.5 Å².